The molecule has 0 bridgehead atoms. The van der Waals surface area contributed by atoms with E-state index in [1.54, 1.807) is 0 Å². The van der Waals surface area contributed by atoms with E-state index in [2.05, 4.69) is 21.5 Å². The lowest BCUT2D eigenvalue weighted by Crippen LogP contribution is -2.48. The highest BCUT2D eigenvalue weighted by Gasteiger charge is 2.25. The average Bonchev–Trinajstić information content (AvgIpc) is 3.06. The second-order valence-electron chi connectivity index (χ2n) is 5.18. The molecular formula is C17H18N4O3. The lowest BCUT2D eigenvalue weighted by molar-refractivity contribution is -0.123. The third-order valence-electron chi connectivity index (χ3n) is 3.50. The van der Waals surface area contributed by atoms with Gasteiger partial charge in [0, 0.05) is 5.56 Å². The first-order chi connectivity index (χ1) is 11.7. The molecule has 24 heavy (non-hydrogen) atoms. The van der Waals surface area contributed by atoms with Crippen LogP contribution in [0.15, 0.2) is 54.6 Å². The van der Waals surface area contributed by atoms with Gasteiger partial charge >= 0.3 is 6.03 Å². The van der Waals surface area contributed by atoms with E-state index in [9.17, 15) is 9.59 Å². The Morgan fingerprint density at radius 1 is 1.08 bits per heavy atom. The highest BCUT2D eigenvalue weighted by atomic mass is 16.5. The van der Waals surface area contributed by atoms with Gasteiger partial charge in [-0.15, -0.1) is 0 Å². The van der Waals surface area contributed by atoms with E-state index in [1.165, 1.54) is 0 Å². The van der Waals surface area contributed by atoms with Crippen molar-refractivity contribution in [1.29, 1.82) is 0 Å². The molecule has 0 spiro atoms. The van der Waals surface area contributed by atoms with Gasteiger partial charge in [0.15, 0.2) is 6.17 Å². The van der Waals surface area contributed by atoms with Crippen molar-refractivity contribution in [1.82, 2.24) is 21.5 Å². The van der Waals surface area contributed by atoms with E-state index in [4.69, 9.17) is 4.74 Å². The van der Waals surface area contributed by atoms with Crippen LogP contribution in [0.3, 0.4) is 0 Å². The van der Waals surface area contributed by atoms with Gasteiger partial charge < -0.3 is 15.4 Å². The molecule has 2 aromatic carbocycles. The van der Waals surface area contributed by atoms with Crippen LogP contribution in [-0.4, -0.2) is 31.3 Å². The van der Waals surface area contributed by atoms with Crippen LogP contribution in [0, 0.1) is 0 Å². The molecule has 1 aliphatic rings. The van der Waals surface area contributed by atoms with Gasteiger partial charge in [0.2, 0.25) is 0 Å². The van der Waals surface area contributed by atoms with Gasteiger partial charge in [0.05, 0.1) is 6.54 Å². The van der Waals surface area contributed by atoms with E-state index in [0.29, 0.717) is 13.2 Å². The highest BCUT2D eigenvalue weighted by Crippen LogP contribution is 2.29. The molecular weight excluding hydrogens is 308 g/mol. The number of hydrogen-bond acceptors (Lipinski definition) is 4. The SMILES string of the molecule is O=C1NNC(C(=O)NCCOc2ccccc2-c2ccccc2)N1. The van der Waals surface area contributed by atoms with E-state index in [0.717, 1.165) is 16.9 Å². The lowest BCUT2D eigenvalue weighted by Gasteiger charge is -2.13. The molecule has 0 saturated carbocycles. The van der Waals surface area contributed by atoms with Crippen molar-refractivity contribution >= 4 is 11.9 Å². The Bertz CT molecular complexity index is 721. The number of rotatable bonds is 6. The standard InChI is InChI=1S/C17H18N4O3/c22-16(15-19-17(23)21-20-15)18-10-11-24-14-9-5-4-8-13(14)12-6-2-1-3-7-12/h1-9,15,20H,10-11H2,(H,18,22)(H2,19,21,23). The van der Waals surface area contributed by atoms with Crippen LogP contribution in [0.4, 0.5) is 4.79 Å². The summed E-state index contributed by atoms with van der Waals surface area (Å²) in [5.41, 5.74) is 6.90. The second kappa shape index (κ2) is 7.47. The van der Waals surface area contributed by atoms with E-state index >= 15 is 0 Å². The molecule has 7 heteroatoms. The van der Waals surface area contributed by atoms with E-state index < -0.39 is 12.2 Å². The number of urea groups is 1. The largest absolute Gasteiger partial charge is 0.491 e. The molecule has 4 N–H and O–H groups in total. The molecule has 3 amide bonds. The average molecular weight is 326 g/mol. The first-order valence-electron chi connectivity index (χ1n) is 7.61. The normalized spacial score (nSPS) is 16.2. The summed E-state index contributed by atoms with van der Waals surface area (Å²) < 4.78 is 5.79. The molecule has 124 valence electrons. The van der Waals surface area contributed by atoms with Gasteiger partial charge in [-0.05, 0) is 11.6 Å². The van der Waals surface area contributed by atoms with E-state index in [-0.39, 0.29) is 5.91 Å². The van der Waals surface area contributed by atoms with Gasteiger partial charge in [0.25, 0.3) is 5.91 Å². The number of ether oxygens (including phenoxy) is 1. The Hall–Kier alpha value is -3.06. The lowest BCUT2D eigenvalue weighted by atomic mass is 10.1. The fraction of sp³-hybridized carbons (Fsp3) is 0.176. The third-order valence-corrected chi connectivity index (χ3v) is 3.50. The molecule has 1 fully saturated rings. The Labute approximate surface area is 139 Å². The van der Waals surface area contributed by atoms with Crippen LogP contribution in [0.25, 0.3) is 11.1 Å². The number of nitrogens with one attached hydrogen (secondary N) is 4. The Balaban J connectivity index is 1.52. The molecule has 1 aliphatic heterocycles. The van der Waals surface area contributed by atoms with Crippen LogP contribution in [0.5, 0.6) is 5.75 Å². The number of carbonyl (C=O) groups excluding carboxylic acids is 2. The zero-order valence-electron chi connectivity index (χ0n) is 12.9. The van der Waals surface area contributed by atoms with Crippen LogP contribution in [-0.2, 0) is 4.79 Å². The van der Waals surface area contributed by atoms with Crippen molar-refractivity contribution < 1.29 is 14.3 Å². The van der Waals surface area contributed by atoms with Crippen molar-refractivity contribution in [3.8, 4) is 16.9 Å². The Kier molecular flexibility index (Phi) is 4.93. The molecule has 1 heterocycles. The monoisotopic (exact) mass is 326 g/mol. The van der Waals surface area contributed by atoms with Crippen molar-refractivity contribution in [2.24, 2.45) is 0 Å². The molecule has 7 nitrogen and oxygen atoms in total. The van der Waals surface area contributed by atoms with Crippen LogP contribution >= 0.6 is 0 Å². The quantitative estimate of drug-likeness (QED) is 0.596. The summed E-state index contributed by atoms with van der Waals surface area (Å²) in [6.45, 7) is 0.652. The van der Waals surface area contributed by atoms with Crippen molar-refractivity contribution in [2.75, 3.05) is 13.2 Å². The summed E-state index contributed by atoms with van der Waals surface area (Å²) in [6.07, 6.45) is -0.769. The molecule has 1 saturated heterocycles. The highest BCUT2D eigenvalue weighted by molar-refractivity contribution is 5.88. The van der Waals surface area contributed by atoms with Gasteiger partial charge in [-0.2, -0.15) is 0 Å². The summed E-state index contributed by atoms with van der Waals surface area (Å²) in [5, 5.41) is 5.12. The maximum atomic E-state index is 11.8. The first kappa shape index (κ1) is 15.8. The second-order valence-corrected chi connectivity index (χ2v) is 5.18. The van der Waals surface area contributed by atoms with E-state index in [1.807, 2.05) is 54.6 Å². The zero-order chi connectivity index (χ0) is 16.8. The number of benzene rings is 2. The number of hydrazine groups is 1. The summed E-state index contributed by atoms with van der Waals surface area (Å²) in [7, 11) is 0. The van der Waals surface area contributed by atoms with Crippen LogP contribution < -0.4 is 26.2 Å². The predicted molar refractivity (Wildman–Crippen MR) is 89.0 cm³/mol. The van der Waals surface area contributed by atoms with Gasteiger partial charge in [-0.25, -0.2) is 10.2 Å². The topological polar surface area (TPSA) is 91.5 Å². The molecule has 0 radical (unpaired) electrons. The molecule has 1 atom stereocenters. The van der Waals surface area contributed by atoms with Gasteiger partial charge in [0.1, 0.15) is 12.4 Å². The maximum absolute atomic E-state index is 11.8. The van der Waals surface area contributed by atoms with Crippen LogP contribution in [0.2, 0.25) is 0 Å². The Morgan fingerprint density at radius 2 is 1.83 bits per heavy atom. The van der Waals surface area contributed by atoms with Gasteiger partial charge in [-0.3, -0.25) is 10.2 Å². The molecule has 3 rings (SSSR count). The molecule has 1 unspecified atom stereocenters. The summed E-state index contributed by atoms with van der Waals surface area (Å²) >= 11 is 0. The maximum Gasteiger partial charge on any atom is 0.330 e. The minimum atomic E-state index is -0.769. The zero-order valence-corrected chi connectivity index (χ0v) is 12.9. The van der Waals surface area contributed by atoms with Crippen molar-refractivity contribution in [2.45, 2.75) is 6.17 Å². The number of hydrogen-bond donors (Lipinski definition) is 4. The smallest absolute Gasteiger partial charge is 0.330 e. The molecule has 0 aromatic heterocycles. The summed E-state index contributed by atoms with van der Waals surface area (Å²) in [6, 6.07) is 17.3. The third kappa shape index (κ3) is 3.82. The first-order valence-corrected chi connectivity index (χ1v) is 7.61. The summed E-state index contributed by atoms with van der Waals surface area (Å²) in [4.78, 5) is 22.8. The number of carbonyl (C=O) groups is 2. The minimum absolute atomic E-state index is 0.323. The van der Waals surface area contributed by atoms with Gasteiger partial charge in [-0.1, -0.05) is 48.5 Å². The number of amides is 3. The summed E-state index contributed by atoms with van der Waals surface area (Å²) in [5.74, 6) is 0.431. The predicted octanol–water partition coefficient (Wildman–Crippen LogP) is 0.992. The Morgan fingerprint density at radius 3 is 2.58 bits per heavy atom. The fourth-order valence-electron chi connectivity index (χ4n) is 2.36. The van der Waals surface area contributed by atoms with Crippen LogP contribution in [0.1, 0.15) is 0 Å². The fourth-order valence-corrected chi connectivity index (χ4v) is 2.36. The minimum Gasteiger partial charge on any atom is -0.491 e. The van der Waals surface area contributed by atoms with Crippen molar-refractivity contribution in [3.63, 3.8) is 0 Å². The number of para-hydroxylation sites is 1. The molecule has 2 aromatic rings. The molecule has 0 aliphatic carbocycles. The van der Waals surface area contributed by atoms with Crippen molar-refractivity contribution in [3.05, 3.63) is 54.6 Å².